The molecule has 0 aliphatic carbocycles. The number of esters is 2. The maximum Gasteiger partial charge on any atom is 0.306 e. The Bertz CT molecular complexity index is 1910. The summed E-state index contributed by atoms with van der Waals surface area (Å²) in [5, 5.41) is 11.8. The highest BCUT2D eigenvalue weighted by molar-refractivity contribution is 5.70. The number of ether oxygens (including phenoxy) is 4. The van der Waals surface area contributed by atoms with E-state index < -0.39 is 24.3 Å². The van der Waals surface area contributed by atoms with Crippen molar-refractivity contribution in [3.05, 3.63) is 122 Å². The largest absolute Gasteiger partial charge is 0.545 e. The average molecular weight is 1270 g/mol. The highest BCUT2D eigenvalue weighted by atomic mass is 16.7. The van der Waals surface area contributed by atoms with Crippen LogP contribution in [0.1, 0.15) is 322 Å². The van der Waals surface area contributed by atoms with Crippen molar-refractivity contribution in [2.24, 2.45) is 0 Å². The maximum absolute atomic E-state index is 13.0. The van der Waals surface area contributed by atoms with Gasteiger partial charge in [-0.05, 0) is 109 Å². The van der Waals surface area contributed by atoms with Gasteiger partial charge in [0.05, 0.1) is 40.3 Å². The number of nitrogens with zero attached hydrogens (tertiary/aromatic N) is 1. The number of carboxylic acid groups (broad SMARTS) is 1. The summed E-state index contributed by atoms with van der Waals surface area (Å²) in [5.41, 5.74) is 0. The number of quaternary nitrogens is 1. The Morgan fingerprint density at radius 2 is 0.626 bits per heavy atom. The quantitative estimate of drug-likeness (QED) is 0.0195. The normalized spacial score (nSPS) is 13.4. The summed E-state index contributed by atoms with van der Waals surface area (Å²) in [7, 11) is 5.93. The lowest BCUT2D eigenvalue weighted by atomic mass is 10.0. The van der Waals surface area contributed by atoms with Crippen molar-refractivity contribution in [1.29, 1.82) is 0 Å². The number of rotatable bonds is 69. The Hall–Kier alpha value is -4.31. The first kappa shape index (κ1) is 86.7. The Balaban J connectivity index is 4.09. The van der Waals surface area contributed by atoms with Crippen LogP contribution in [0.5, 0.6) is 0 Å². The zero-order valence-corrected chi connectivity index (χ0v) is 59.7. The average Bonchev–Trinajstić information content (AvgIpc) is 3.46. The number of unbranched alkanes of at least 4 members (excludes halogenated alkanes) is 34. The van der Waals surface area contributed by atoms with Gasteiger partial charge in [0.1, 0.15) is 13.2 Å². The first-order valence-electron chi connectivity index (χ1n) is 37.7. The van der Waals surface area contributed by atoms with Crippen LogP contribution < -0.4 is 5.11 Å². The first-order chi connectivity index (χ1) is 44.6. The predicted octanol–water partition coefficient (Wildman–Crippen LogP) is 22.6. The Kier molecular flexibility index (Phi) is 68.1. The van der Waals surface area contributed by atoms with Gasteiger partial charge in [-0.15, -0.1) is 0 Å². The molecule has 522 valence electrons. The maximum atomic E-state index is 13.0. The lowest BCUT2D eigenvalue weighted by Crippen LogP contribution is -2.44. The molecule has 91 heavy (non-hydrogen) atoms. The van der Waals surface area contributed by atoms with Crippen LogP contribution in [0, 0.1) is 0 Å². The van der Waals surface area contributed by atoms with E-state index in [4.69, 9.17) is 18.9 Å². The van der Waals surface area contributed by atoms with Crippen LogP contribution in [0.2, 0.25) is 0 Å². The fourth-order valence-electron chi connectivity index (χ4n) is 10.5. The van der Waals surface area contributed by atoms with Gasteiger partial charge in [-0.25, -0.2) is 0 Å². The Morgan fingerprint density at radius 1 is 0.341 bits per heavy atom. The molecule has 0 saturated heterocycles. The number of carboxylic acids is 1. The molecule has 0 aromatic carbocycles. The molecule has 0 aliphatic heterocycles. The van der Waals surface area contributed by atoms with Crippen molar-refractivity contribution >= 4 is 17.9 Å². The summed E-state index contributed by atoms with van der Waals surface area (Å²) < 4.78 is 22.8. The van der Waals surface area contributed by atoms with Crippen molar-refractivity contribution in [2.75, 3.05) is 47.5 Å². The molecule has 0 rings (SSSR count). The minimum atomic E-state index is -1.63. The van der Waals surface area contributed by atoms with Crippen LogP contribution in [0.25, 0.3) is 0 Å². The van der Waals surface area contributed by atoms with E-state index in [2.05, 4.69) is 135 Å². The molecule has 0 N–H and O–H groups in total. The van der Waals surface area contributed by atoms with Crippen molar-refractivity contribution < 1.29 is 42.9 Å². The van der Waals surface area contributed by atoms with Crippen LogP contribution >= 0.6 is 0 Å². The molecule has 2 atom stereocenters. The molecule has 2 unspecified atom stereocenters. The third kappa shape index (κ3) is 73.0. The van der Waals surface area contributed by atoms with E-state index in [1.54, 1.807) is 0 Å². The fraction of sp³-hybridized carbons (Fsp3) is 0.720. The van der Waals surface area contributed by atoms with E-state index in [9.17, 15) is 19.5 Å². The number of hydrogen-bond acceptors (Lipinski definition) is 8. The van der Waals surface area contributed by atoms with Gasteiger partial charge in [-0.3, -0.25) is 9.59 Å². The molecule has 9 nitrogen and oxygen atoms in total. The number of allylic oxidation sites excluding steroid dienone is 20. The molecule has 0 saturated carbocycles. The minimum Gasteiger partial charge on any atom is -0.545 e. The zero-order valence-electron chi connectivity index (χ0n) is 59.7. The van der Waals surface area contributed by atoms with Gasteiger partial charge in [-0.2, -0.15) is 0 Å². The van der Waals surface area contributed by atoms with E-state index in [1.165, 1.54) is 193 Å². The Labute approximate surface area is 561 Å². The molecular formula is C82H141NO8. The first-order valence-corrected chi connectivity index (χ1v) is 37.7. The molecule has 0 heterocycles. The smallest absolute Gasteiger partial charge is 0.306 e. The minimum absolute atomic E-state index is 0.144. The van der Waals surface area contributed by atoms with Gasteiger partial charge in [0.2, 0.25) is 0 Å². The molecule has 0 fully saturated rings. The molecule has 0 radical (unpaired) electrons. The van der Waals surface area contributed by atoms with Crippen LogP contribution in [0.3, 0.4) is 0 Å². The van der Waals surface area contributed by atoms with E-state index in [0.717, 1.165) is 96.3 Å². The van der Waals surface area contributed by atoms with Crippen LogP contribution in [0.4, 0.5) is 0 Å². The second-order valence-corrected chi connectivity index (χ2v) is 26.2. The van der Waals surface area contributed by atoms with E-state index in [-0.39, 0.29) is 38.6 Å². The molecular weight excluding hydrogens is 1130 g/mol. The fourth-order valence-corrected chi connectivity index (χ4v) is 10.5. The molecule has 0 aromatic rings. The van der Waals surface area contributed by atoms with Gasteiger partial charge in [-0.1, -0.05) is 322 Å². The summed E-state index contributed by atoms with van der Waals surface area (Å²) in [4.78, 5) is 37.6. The van der Waals surface area contributed by atoms with Crippen molar-refractivity contribution in [1.82, 2.24) is 0 Å². The molecule has 0 aromatic heterocycles. The van der Waals surface area contributed by atoms with Gasteiger partial charge in [0.25, 0.3) is 0 Å². The summed E-state index contributed by atoms with van der Waals surface area (Å²) in [6, 6.07) is 0. The van der Waals surface area contributed by atoms with Crippen molar-refractivity contribution in [3.63, 3.8) is 0 Å². The number of carbonyl (C=O) groups excluding carboxylic acids is 3. The number of hydrogen-bond donors (Lipinski definition) is 0. The Morgan fingerprint density at radius 3 is 0.934 bits per heavy atom. The third-order valence-electron chi connectivity index (χ3n) is 16.2. The second-order valence-electron chi connectivity index (χ2n) is 26.2. The number of likely N-dealkylation sites (N-methyl/N-ethyl adjacent to an activating group) is 1. The molecule has 9 heteroatoms. The summed E-state index contributed by atoms with van der Waals surface area (Å²) in [6.07, 6.45) is 98.6. The monoisotopic (exact) mass is 1270 g/mol. The molecule has 0 amide bonds. The van der Waals surface area contributed by atoms with Crippen LogP contribution in [-0.4, -0.2) is 82.3 Å². The van der Waals surface area contributed by atoms with Gasteiger partial charge >= 0.3 is 11.9 Å². The molecule has 0 bridgehead atoms. The highest BCUT2D eigenvalue weighted by Gasteiger charge is 2.22. The van der Waals surface area contributed by atoms with E-state index >= 15 is 0 Å². The topological polar surface area (TPSA) is 111 Å². The summed E-state index contributed by atoms with van der Waals surface area (Å²) in [5.74, 6) is -2.28. The molecule has 0 spiro atoms. The lowest BCUT2D eigenvalue weighted by molar-refractivity contribution is -0.870. The van der Waals surface area contributed by atoms with Gasteiger partial charge in [0, 0.05) is 12.8 Å². The van der Waals surface area contributed by atoms with Crippen molar-refractivity contribution in [3.8, 4) is 0 Å². The second kappa shape index (κ2) is 71.5. The van der Waals surface area contributed by atoms with Gasteiger partial charge in [0.15, 0.2) is 12.4 Å². The van der Waals surface area contributed by atoms with E-state index in [0.29, 0.717) is 17.4 Å². The molecule has 0 aliphatic rings. The zero-order chi connectivity index (χ0) is 66.1. The standard InChI is InChI=1S/C82H141NO8/c1-6-8-10-12-14-16-18-20-22-24-26-28-30-32-34-36-38-39-40-41-43-45-47-49-51-53-55-57-59-61-63-65-67-69-71-73-80(85)91-78(77-90-82(81(86)87)88-75-74-83(3,4)5)76-89-79(84)72-70-68-66-64-62-60-58-56-54-52-50-48-46-44-42-37-35-33-31-29-27-25-23-21-19-17-15-13-11-9-7-2/h8,10,14,16,19-22,25-28,31-34,38-39,41,43,78,82H,6-7,9,11-13,15,17-18,23-24,29-30,35-37,40,42,44-77H2,1-5H3/b10-8-,16-14-,21-19-,22-20-,27-25-,28-26-,33-31-,34-32-,39-38-,43-41-. The number of carbonyl (C=O) groups is 3. The van der Waals surface area contributed by atoms with Gasteiger partial charge < -0.3 is 33.3 Å². The summed E-state index contributed by atoms with van der Waals surface area (Å²) in [6.45, 7) is 4.65. The van der Waals surface area contributed by atoms with Crippen LogP contribution in [0.15, 0.2) is 122 Å². The predicted molar refractivity (Wildman–Crippen MR) is 389 cm³/mol. The number of aliphatic carboxylic acids is 1. The third-order valence-corrected chi connectivity index (χ3v) is 16.2. The summed E-state index contributed by atoms with van der Waals surface area (Å²) >= 11 is 0. The highest BCUT2D eigenvalue weighted by Crippen LogP contribution is 2.18. The van der Waals surface area contributed by atoms with E-state index in [1.807, 2.05) is 21.1 Å². The van der Waals surface area contributed by atoms with Crippen LogP contribution in [-0.2, 0) is 33.3 Å². The SMILES string of the molecule is CC/C=C\C/C=C\C/C=C\C/C=C\C/C=C\C/C=C\C/C=C\CCCCCCCCCCCCCCCC(=O)OC(COC(=O)CCCCCCCCCCCCCCCCCC/C=C\C/C=C\C/C=C\CCCCCCC)COC(OCC[N+](C)(C)C)C(=O)[O-]. The van der Waals surface area contributed by atoms with Crippen molar-refractivity contribution in [2.45, 2.75) is 334 Å². The lowest BCUT2D eigenvalue weighted by Gasteiger charge is -2.26.